The van der Waals surface area contributed by atoms with E-state index in [1.807, 2.05) is 48.5 Å². The number of hydrogen-bond donors (Lipinski definition) is 1. The second-order valence-corrected chi connectivity index (χ2v) is 4.83. The van der Waals surface area contributed by atoms with Gasteiger partial charge in [-0.15, -0.1) is 0 Å². The van der Waals surface area contributed by atoms with Crippen LogP contribution in [0.2, 0.25) is 5.02 Å². The number of carbonyl (C=O) groups is 1. The summed E-state index contributed by atoms with van der Waals surface area (Å²) in [7, 11) is 0. The highest BCUT2D eigenvalue weighted by atomic mass is 35.5. The molecule has 1 unspecified atom stereocenters. The molecule has 1 atom stereocenters. The number of hydrogen-bond acceptors (Lipinski definition) is 3. The molecule has 1 N–H and O–H groups in total. The summed E-state index contributed by atoms with van der Waals surface area (Å²) in [5, 5.41) is 3.62. The van der Waals surface area contributed by atoms with Crippen LogP contribution in [0.15, 0.2) is 60.3 Å². The van der Waals surface area contributed by atoms with Crippen LogP contribution in [0.25, 0.3) is 6.08 Å². The van der Waals surface area contributed by atoms with Crippen molar-refractivity contribution in [3.05, 3.63) is 76.4 Å². The molecular weight excluding hydrogens is 274 g/mol. The van der Waals surface area contributed by atoms with Gasteiger partial charge in [-0.2, -0.15) is 0 Å². The predicted octanol–water partition coefficient (Wildman–Crippen LogP) is 3.53. The van der Waals surface area contributed by atoms with E-state index in [9.17, 15) is 4.79 Å². The van der Waals surface area contributed by atoms with Gasteiger partial charge >= 0.3 is 5.97 Å². The third-order valence-electron chi connectivity index (χ3n) is 3.03. The molecule has 0 bridgehead atoms. The summed E-state index contributed by atoms with van der Waals surface area (Å²) < 4.78 is 5.31. The van der Waals surface area contributed by atoms with Crippen LogP contribution >= 0.6 is 11.6 Å². The quantitative estimate of drug-likeness (QED) is 0.678. The van der Waals surface area contributed by atoms with E-state index >= 15 is 0 Å². The molecule has 0 saturated carbocycles. The minimum absolute atomic E-state index is 0.376. The molecule has 1 saturated heterocycles. The SMILES string of the molecule is O=C1OC(c2ccccc2Cl)N/C1=C/c1ccccc1. The Bertz CT molecular complexity index is 667. The largest absolute Gasteiger partial charge is 0.433 e. The fourth-order valence-corrected chi connectivity index (χ4v) is 2.28. The van der Waals surface area contributed by atoms with Crippen LogP contribution in [0.3, 0.4) is 0 Å². The fourth-order valence-electron chi connectivity index (χ4n) is 2.05. The lowest BCUT2D eigenvalue weighted by atomic mass is 10.2. The van der Waals surface area contributed by atoms with Crippen molar-refractivity contribution in [2.45, 2.75) is 6.23 Å². The summed E-state index contributed by atoms with van der Waals surface area (Å²) in [6.45, 7) is 0. The van der Waals surface area contributed by atoms with E-state index in [0.29, 0.717) is 10.7 Å². The first kappa shape index (κ1) is 12.8. The Kier molecular flexibility index (Phi) is 3.44. The lowest BCUT2D eigenvalue weighted by Crippen LogP contribution is -2.13. The smallest absolute Gasteiger partial charge is 0.356 e. The Morgan fingerprint density at radius 1 is 1.05 bits per heavy atom. The topological polar surface area (TPSA) is 38.3 Å². The molecule has 20 heavy (non-hydrogen) atoms. The molecule has 1 heterocycles. The Morgan fingerprint density at radius 2 is 1.75 bits per heavy atom. The summed E-state index contributed by atoms with van der Waals surface area (Å²) in [5.74, 6) is -0.376. The number of cyclic esters (lactones) is 1. The van der Waals surface area contributed by atoms with Gasteiger partial charge in [0.15, 0.2) is 0 Å². The van der Waals surface area contributed by atoms with Crippen LogP contribution < -0.4 is 5.32 Å². The molecule has 2 aromatic rings. The summed E-state index contributed by atoms with van der Waals surface area (Å²) in [6.07, 6.45) is 1.23. The molecule has 3 rings (SSSR count). The van der Waals surface area contributed by atoms with E-state index in [4.69, 9.17) is 16.3 Å². The molecule has 0 radical (unpaired) electrons. The van der Waals surface area contributed by atoms with Crippen molar-refractivity contribution < 1.29 is 9.53 Å². The molecular formula is C16H12ClNO2. The van der Waals surface area contributed by atoms with Crippen molar-refractivity contribution in [2.24, 2.45) is 0 Å². The van der Waals surface area contributed by atoms with E-state index in [-0.39, 0.29) is 5.97 Å². The Balaban J connectivity index is 1.86. The van der Waals surface area contributed by atoms with Gasteiger partial charge in [-0.3, -0.25) is 0 Å². The lowest BCUT2D eigenvalue weighted by Gasteiger charge is -2.11. The second-order valence-electron chi connectivity index (χ2n) is 4.42. The summed E-state index contributed by atoms with van der Waals surface area (Å²) in [5.41, 5.74) is 2.12. The average molecular weight is 286 g/mol. The van der Waals surface area contributed by atoms with Gasteiger partial charge in [0.25, 0.3) is 0 Å². The zero-order valence-electron chi connectivity index (χ0n) is 10.5. The van der Waals surface area contributed by atoms with Crippen LogP contribution in [0.5, 0.6) is 0 Å². The molecule has 4 heteroatoms. The van der Waals surface area contributed by atoms with Crippen LogP contribution in [-0.2, 0) is 9.53 Å². The van der Waals surface area contributed by atoms with Crippen molar-refractivity contribution in [1.82, 2.24) is 5.32 Å². The van der Waals surface area contributed by atoms with E-state index in [1.54, 1.807) is 12.1 Å². The Morgan fingerprint density at radius 3 is 2.50 bits per heavy atom. The second kappa shape index (κ2) is 5.39. The minimum atomic E-state index is -0.536. The molecule has 0 amide bonds. The van der Waals surface area contributed by atoms with Crippen molar-refractivity contribution in [2.75, 3.05) is 0 Å². The molecule has 0 aliphatic carbocycles. The van der Waals surface area contributed by atoms with Crippen LogP contribution in [0, 0.1) is 0 Å². The molecule has 0 spiro atoms. The zero-order valence-corrected chi connectivity index (χ0v) is 11.3. The van der Waals surface area contributed by atoms with Crippen LogP contribution in [-0.4, -0.2) is 5.97 Å². The third kappa shape index (κ3) is 2.53. The summed E-state index contributed by atoms with van der Waals surface area (Å²) >= 11 is 6.11. The standard InChI is InChI=1S/C16H12ClNO2/c17-13-9-5-4-8-12(13)15-18-14(16(19)20-15)10-11-6-2-1-3-7-11/h1-10,15,18H/b14-10+. The van der Waals surface area contributed by atoms with E-state index in [2.05, 4.69) is 5.32 Å². The first-order valence-electron chi connectivity index (χ1n) is 6.23. The first-order chi connectivity index (χ1) is 9.74. The fraction of sp³-hybridized carbons (Fsp3) is 0.0625. The normalized spacial score (nSPS) is 19.8. The maximum Gasteiger partial charge on any atom is 0.356 e. The summed E-state index contributed by atoms with van der Waals surface area (Å²) in [4.78, 5) is 11.9. The molecule has 0 aromatic heterocycles. The number of carbonyl (C=O) groups excluding carboxylic acids is 1. The van der Waals surface area contributed by atoms with Crippen molar-refractivity contribution in [3.8, 4) is 0 Å². The van der Waals surface area contributed by atoms with Crippen molar-refractivity contribution in [1.29, 1.82) is 0 Å². The molecule has 2 aromatic carbocycles. The Hall–Kier alpha value is -2.26. The first-order valence-corrected chi connectivity index (χ1v) is 6.60. The third-order valence-corrected chi connectivity index (χ3v) is 3.37. The van der Waals surface area contributed by atoms with Gasteiger partial charge in [0, 0.05) is 10.6 Å². The number of esters is 1. The number of benzene rings is 2. The number of nitrogens with one attached hydrogen (secondary N) is 1. The average Bonchev–Trinajstić information content (AvgIpc) is 2.81. The van der Waals surface area contributed by atoms with Gasteiger partial charge < -0.3 is 10.1 Å². The zero-order chi connectivity index (χ0) is 13.9. The van der Waals surface area contributed by atoms with Gasteiger partial charge in [0.2, 0.25) is 6.23 Å². The van der Waals surface area contributed by atoms with E-state index in [1.165, 1.54) is 0 Å². The predicted molar refractivity (Wildman–Crippen MR) is 77.8 cm³/mol. The minimum Gasteiger partial charge on any atom is -0.433 e. The highest BCUT2D eigenvalue weighted by Crippen LogP contribution is 2.29. The van der Waals surface area contributed by atoms with E-state index < -0.39 is 6.23 Å². The highest BCUT2D eigenvalue weighted by molar-refractivity contribution is 6.31. The molecule has 1 aliphatic heterocycles. The molecule has 100 valence electrons. The lowest BCUT2D eigenvalue weighted by molar-refractivity contribution is -0.139. The van der Waals surface area contributed by atoms with Gasteiger partial charge in [-0.1, -0.05) is 60.1 Å². The maximum atomic E-state index is 11.9. The van der Waals surface area contributed by atoms with Gasteiger partial charge in [-0.05, 0) is 17.7 Å². The van der Waals surface area contributed by atoms with Gasteiger partial charge in [0.05, 0.1) is 0 Å². The summed E-state index contributed by atoms with van der Waals surface area (Å²) in [6, 6.07) is 16.9. The maximum absolute atomic E-state index is 11.9. The number of rotatable bonds is 2. The highest BCUT2D eigenvalue weighted by Gasteiger charge is 2.30. The van der Waals surface area contributed by atoms with Crippen LogP contribution in [0.4, 0.5) is 0 Å². The van der Waals surface area contributed by atoms with Crippen molar-refractivity contribution in [3.63, 3.8) is 0 Å². The van der Waals surface area contributed by atoms with Crippen LogP contribution in [0.1, 0.15) is 17.4 Å². The Labute approximate surface area is 121 Å². The van der Waals surface area contributed by atoms with Gasteiger partial charge in [0.1, 0.15) is 5.70 Å². The van der Waals surface area contributed by atoms with Gasteiger partial charge in [-0.25, -0.2) is 4.79 Å². The number of ether oxygens (including phenoxy) is 1. The monoisotopic (exact) mass is 285 g/mol. The number of halogens is 1. The molecule has 1 aliphatic rings. The molecule has 3 nitrogen and oxygen atoms in total. The van der Waals surface area contributed by atoms with E-state index in [0.717, 1.165) is 11.1 Å². The molecule has 1 fully saturated rings. The van der Waals surface area contributed by atoms with Crippen molar-refractivity contribution >= 4 is 23.6 Å².